The van der Waals surface area contributed by atoms with Gasteiger partial charge in [-0.3, -0.25) is 9.59 Å². The molecule has 2 aromatic heterocycles. The van der Waals surface area contributed by atoms with Crippen LogP contribution in [0.15, 0.2) is 69.3 Å². The summed E-state index contributed by atoms with van der Waals surface area (Å²) in [6.45, 7) is 0.418. The Morgan fingerprint density at radius 1 is 0.972 bits per heavy atom. The molecule has 0 aliphatic carbocycles. The molecule has 8 nitrogen and oxygen atoms in total. The van der Waals surface area contributed by atoms with Gasteiger partial charge in [0, 0.05) is 28.6 Å². The van der Waals surface area contributed by atoms with Crippen molar-refractivity contribution in [2.45, 2.75) is 49.5 Å². The fraction of sp³-hybridized carbons (Fsp3) is 0.308. The van der Waals surface area contributed by atoms with Gasteiger partial charge in [-0.2, -0.15) is 4.72 Å². The number of aryl methyl sites for hydroxylation is 1. The number of furan rings is 1. The van der Waals surface area contributed by atoms with Crippen molar-refractivity contribution in [3.8, 4) is 0 Å². The number of amides is 1. The van der Waals surface area contributed by atoms with Crippen LogP contribution in [0.3, 0.4) is 0 Å². The van der Waals surface area contributed by atoms with Gasteiger partial charge in [-0.25, -0.2) is 8.42 Å². The van der Waals surface area contributed by atoms with Crippen molar-refractivity contribution < 1.29 is 27.5 Å². The number of hydrogen-bond donors (Lipinski definition) is 3. The van der Waals surface area contributed by atoms with E-state index in [-0.39, 0.29) is 17.2 Å². The number of sulfonamides is 1. The molecular formula is C26H28N2O6S2. The Kier molecular flexibility index (Phi) is 8.40. The molecule has 0 bridgehead atoms. The fourth-order valence-corrected chi connectivity index (χ4v) is 6.03. The first kappa shape index (κ1) is 25.9. The maximum Gasteiger partial charge on any atom is 0.321 e. The van der Waals surface area contributed by atoms with Crippen LogP contribution in [0.1, 0.15) is 37.0 Å². The number of carboxylic acids is 1. The highest BCUT2D eigenvalue weighted by atomic mass is 32.2. The second-order valence-electron chi connectivity index (χ2n) is 8.55. The highest BCUT2D eigenvalue weighted by molar-refractivity contribution is 7.89. The zero-order valence-corrected chi connectivity index (χ0v) is 21.2. The summed E-state index contributed by atoms with van der Waals surface area (Å²) in [5, 5.41) is 15.9. The molecule has 4 aromatic rings. The summed E-state index contributed by atoms with van der Waals surface area (Å²) < 4.78 is 33.9. The van der Waals surface area contributed by atoms with E-state index in [1.807, 2.05) is 35.7 Å². The number of thiophene rings is 1. The average molecular weight is 529 g/mol. The minimum Gasteiger partial charge on any atom is -0.480 e. The molecule has 0 saturated heterocycles. The molecule has 0 aliphatic heterocycles. The van der Waals surface area contributed by atoms with E-state index in [9.17, 15) is 23.1 Å². The van der Waals surface area contributed by atoms with E-state index in [1.54, 1.807) is 23.5 Å². The summed E-state index contributed by atoms with van der Waals surface area (Å²) in [4.78, 5) is 24.9. The largest absolute Gasteiger partial charge is 0.480 e. The predicted molar refractivity (Wildman–Crippen MR) is 140 cm³/mol. The SMILES string of the molecule is O=C(CCCc1cccs1)NCCCCC(NS(=O)(=O)c1ccc2oc3ccccc3c2c1)C(=O)O. The number of fused-ring (bicyclic) bond motifs is 3. The number of para-hydroxylation sites is 1. The first-order valence-electron chi connectivity index (χ1n) is 11.8. The standard InChI is InChI=1S/C26H28N2O6S2/c29-25(12-5-7-18-8-6-16-35-18)27-15-4-3-10-22(26(30)31)28-36(32,33)19-13-14-24-21(17-19)20-9-1-2-11-23(20)34-24/h1-2,6,8-9,11,13-14,16-17,22,28H,3-5,7,10,12,15H2,(H,27,29)(H,30,31). The van der Waals surface area contributed by atoms with Crippen molar-refractivity contribution in [1.82, 2.24) is 10.0 Å². The van der Waals surface area contributed by atoms with Gasteiger partial charge in [0.25, 0.3) is 0 Å². The zero-order valence-electron chi connectivity index (χ0n) is 19.6. The van der Waals surface area contributed by atoms with Gasteiger partial charge in [-0.15, -0.1) is 11.3 Å². The maximum absolute atomic E-state index is 13.0. The molecule has 0 saturated carbocycles. The molecule has 0 fully saturated rings. The molecule has 1 unspecified atom stereocenters. The number of carbonyl (C=O) groups is 2. The Balaban J connectivity index is 1.27. The van der Waals surface area contributed by atoms with Gasteiger partial charge in [0.2, 0.25) is 15.9 Å². The summed E-state index contributed by atoms with van der Waals surface area (Å²) in [6.07, 6.45) is 3.19. The van der Waals surface area contributed by atoms with E-state index in [0.29, 0.717) is 42.4 Å². The van der Waals surface area contributed by atoms with Gasteiger partial charge >= 0.3 is 5.97 Å². The predicted octanol–water partition coefficient (Wildman–Crippen LogP) is 4.69. The summed E-state index contributed by atoms with van der Waals surface area (Å²) in [6, 6.07) is 14.6. The molecule has 190 valence electrons. The lowest BCUT2D eigenvalue weighted by atomic mass is 10.1. The topological polar surface area (TPSA) is 126 Å². The molecule has 2 aromatic carbocycles. The van der Waals surface area contributed by atoms with Crippen LogP contribution in [-0.4, -0.2) is 38.0 Å². The van der Waals surface area contributed by atoms with Crippen LogP contribution in [0, 0.1) is 0 Å². The third kappa shape index (κ3) is 6.51. The first-order valence-corrected chi connectivity index (χ1v) is 14.2. The van der Waals surface area contributed by atoms with E-state index in [0.717, 1.165) is 18.2 Å². The van der Waals surface area contributed by atoms with E-state index < -0.39 is 22.0 Å². The third-order valence-corrected chi connectivity index (χ3v) is 8.31. The second kappa shape index (κ2) is 11.7. The van der Waals surface area contributed by atoms with Crippen molar-refractivity contribution >= 4 is 55.2 Å². The summed E-state index contributed by atoms with van der Waals surface area (Å²) in [5.74, 6) is -1.28. The van der Waals surface area contributed by atoms with Gasteiger partial charge in [0.15, 0.2) is 0 Å². The number of unbranched alkanes of at least 4 members (excludes halogenated alkanes) is 1. The van der Waals surface area contributed by atoms with E-state index in [4.69, 9.17) is 4.42 Å². The quantitative estimate of drug-likeness (QED) is 0.216. The lowest BCUT2D eigenvalue weighted by Gasteiger charge is -2.15. The van der Waals surface area contributed by atoms with Crippen LogP contribution in [0.25, 0.3) is 21.9 Å². The molecule has 10 heteroatoms. The molecule has 2 heterocycles. The number of carbonyl (C=O) groups excluding carboxylic acids is 1. The van der Waals surface area contributed by atoms with E-state index >= 15 is 0 Å². The van der Waals surface area contributed by atoms with Crippen molar-refractivity contribution in [2.24, 2.45) is 0 Å². The van der Waals surface area contributed by atoms with Crippen LogP contribution in [0.5, 0.6) is 0 Å². The van der Waals surface area contributed by atoms with Crippen molar-refractivity contribution in [3.05, 3.63) is 64.9 Å². The zero-order chi connectivity index (χ0) is 25.5. The molecule has 3 N–H and O–H groups in total. The van der Waals surface area contributed by atoms with E-state index in [2.05, 4.69) is 10.0 Å². The minimum absolute atomic E-state index is 0.0254. The maximum atomic E-state index is 13.0. The highest BCUT2D eigenvalue weighted by Gasteiger charge is 2.25. The number of nitrogens with one attached hydrogen (secondary N) is 2. The fourth-order valence-electron chi connectivity index (χ4n) is 4.03. The molecule has 1 amide bonds. The number of carboxylic acid groups (broad SMARTS) is 1. The van der Waals surface area contributed by atoms with Crippen LogP contribution in [-0.2, 0) is 26.0 Å². The van der Waals surface area contributed by atoms with Crippen LogP contribution >= 0.6 is 11.3 Å². The molecule has 0 radical (unpaired) electrons. The molecule has 36 heavy (non-hydrogen) atoms. The van der Waals surface area contributed by atoms with Crippen molar-refractivity contribution in [3.63, 3.8) is 0 Å². The first-order chi connectivity index (χ1) is 17.3. The Morgan fingerprint density at radius 2 is 1.78 bits per heavy atom. The van der Waals surface area contributed by atoms with Gasteiger partial charge in [-0.05, 0) is 67.8 Å². The monoisotopic (exact) mass is 528 g/mol. The normalized spacial score (nSPS) is 12.7. The Bertz CT molecular complexity index is 1440. The van der Waals surface area contributed by atoms with Crippen LogP contribution in [0.4, 0.5) is 0 Å². The smallest absolute Gasteiger partial charge is 0.321 e. The second-order valence-corrected chi connectivity index (χ2v) is 11.3. The molecule has 4 rings (SSSR count). The lowest BCUT2D eigenvalue weighted by Crippen LogP contribution is -2.40. The van der Waals surface area contributed by atoms with Crippen LogP contribution < -0.4 is 10.0 Å². The molecule has 0 spiro atoms. The average Bonchev–Trinajstić information content (AvgIpc) is 3.50. The summed E-state index contributed by atoms with van der Waals surface area (Å²) >= 11 is 1.67. The molecular weight excluding hydrogens is 500 g/mol. The lowest BCUT2D eigenvalue weighted by molar-refractivity contribution is -0.139. The van der Waals surface area contributed by atoms with E-state index in [1.165, 1.54) is 17.0 Å². The van der Waals surface area contributed by atoms with Gasteiger partial charge in [-0.1, -0.05) is 24.3 Å². The number of rotatable bonds is 13. The molecule has 0 aliphatic rings. The minimum atomic E-state index is -4.07. The molecule has 1 atom stereocenters. The summed E-state index contributed by atoms with van der Waals surface area (Å²) in [7, 11) is -4.07. The number of hydrogen-bond acceptors (Lipinski definition) is 6. The number of benzene rings is 2. The third-order valence-electron chi connectivity index (χ3n) is 5.90. The Labute approximate surface area is 213 Å². The highest BCUT2D eigenvalue weighted by Crippen LogP contribution is 2.30. The van der Waals surface area contributed by atoms with Crippen molar-refractivity contribution in [2.75, 3.05) is 6.54 Å². The van der Waals surface area contributed by atoms with Gasteiger partial charge in [0.1, 0.15) is 17.2 Å². The van der Waals surface area contributed by atoms with Gasteiger partial charge in [0.05, 0.1) is 4.90 Å². The van der Waals surface area contributed by atoms with Gasteiger partial charge < -0.3 is 14.8 Å². The Hall–Kier alpha value is -3.21. The van der Waals surface area contributed by atoms with Crippen molar-refractivity contribution in [1.29, 1.82) is 0 Å². The van der Waals surface area contributed by atoms with Crippen LogP contribution in [0.2, 0.25) is 0 Å². The number of aliphatic carboxylic acids is 1. The Morgan fingerprint density at radius 3 is 2.56 bits per heavy atom. The summed E-state index contributed by atoms with van der Waals surface area (Å²) in [5.41, 5.74) is 1.20.